The standard InChI is InChI=1S/C17H17N3O3S2/c1-2-23-16(22)10-13-11-24-17(19-13)25-12-15(21)20(9-8-18)14-6-4-3-5-7-14/h3-7,11H,2,9-10,12H2,1H3. The summed E-state index contributed by atoms with van der Waals surface area (Å²) in [5, 5.41) is 10.7. The van der Waals surface area contributed by atoms with E-state index >= 15 is 0 Å². The normalized spacial score (nSPS) is 10.1. The molecular formula is C17H17N3O3S2. The van der Waals surface area contributed by atoms with Gasteiger partial charge in [0.1, 0.15) is 6.54 Å². The lowest BCUT2D eigenvalue weighted by atomic mass is 10.3. The van der Waals surface area contributed by atoms with Crippen LogP contribution in [-0.2, 0) is 20.7 Å². The third-order valence-corrected chi connectivity index (χ3v) is 5.13. The van der Waals surface area contributed by atoms with Gasteiger partial charge in [-0.25, -0.2) is 4.98 Å². The van der Waals surface area contributed by atoms with Crippen molar-refractivity contribution in [2.45, 2.75) is 17.7 Å². The molecule has 0 saturated carbocycles. The minimum Gasteiger partial charge on any atom is -0.466 e. The number of carbonyl (C=O) groups is 2. The number of carbonyl (C=O) groups excluding carboxylic acids is 2. The summed E-state index contributed by atoms with van der Waals surface area (Å²) in [5.74, 6) is -0.312. The van der Waals surface area contributed by atoms with Crippen LogP contribution >= 0.6 is 23.1 Å². The maximum absolute atomic E-state index is 12.4. The summed E-state index contributed by atoms with van der Waals surface area (Å²) in [6, 6.07) is 11.1. The van der Waals surface area contributed by atoms with Crippen molar-refractivity contribution in [3.8, 4) is 6.07 Å². The summed E-state index contributed by atoms with van der Waals surface area (Å²) in [6.45, 7) is 2.09. The third-order valence-electron chi connectivity index (χ3n) is 3.08. The number of ether oxygens (including phenoxy) is 1. The minimum atomic E-state index is -0.315. The molecule has 0 spiro atoms. The first-order valence-corrected chi connectivity index (χ1v) is 9.45. The van der Waals surface area contributed by atoms with E-state index < -0.39 is 0 Å². The number of amides is 1. The summed E-state index contributed by atoms with van der Waals surface area (Å²) in [7, 11) is 0. The summed E-state index contributed by atoms with van der Waals surface area (Å²) in [5.41, 5.74) is 1.33. The summed E-state index contributed by atoms with van der Waals surface area (Å²) >= 11 is 2.67. The summed E-state index contributed by atoms with van der Waals surface area (Å²) < 4.78 is 5.59. The largest absolute Gasteiger partial charge is 0.466 e. The van der Waals surface area contributed by atoms with Crippen LogP contribution < -0.4 is 4.90 Å². The van der Waals surface area contributed by atoms with Gasteiger partial charge in [0.25, 0.3) is 0 Å². The first kappa shape index (κ1) is 19.0. The van der Waals surface area contributed by atoms with E-state index in [0.29, 0.717) is 22.3 Å². The fourth-order valence-corrected chi connectivity index (χ4v) is 3.72. The van der Waals surface area contributed by atoms with Crippen molar-refractivity contribution < 1.29 is 14.3 Å². The van der Waals surface area contributed by atoms with E-state index in [1.807, 2.05) is 24.3 Å². The van der Waals surface area contributed by atoms with Gasteiger partial charge in [-0.15, -0.1) is 11.3 Å². The highest BCUT2D eigenvalue weighted by atomic mass is 32.2. The molecule has 0 fully saturated rings. The Kier molecular flexibility index (Phi) is 7.44. The molecule has 1 amide bonds. The number of nitrogens with zero attached hydrogens (tertiary/aromatic N) is 3. The Balaban J connectivity index is 1.93. The summed E-state index contributed by atoms with van der Waals surface area (Å²) in [6.07, 6.45) is 0.128. The van der Waals surface area contributed by atoms with Crippen LogP contribution in [0.5, 0.6) is 0 Å². The van der Waals surface area contributed by atoms with E-state index in [2.05, 4.69) is 4.98 Å². The van der Waals surface area contributed by atoms with Gasteiger partial charge in [0.15, 0.2) is 4.34 Å². The second-order valence-electron chi connectivity index (χ2n) is 4.85. The highest BCUT2D eigenvalue weighted by Crippen LogP contribution is 2.24. The van der Waals surface area contributed by atoms with Gasteiger partial charge in [-0.05, 0) is 19.1 Å². The van der Waals surface area contributed by atoms with E-state index in [0.717, 1.165) is 0 Å². The van der Waals surface area contributed by atoms with E-state index in [1.54, 1.807) is 24.4 Å². The Bertz CT molecular complexity index is 756. The zero-order valence-corrected chi connectivity index (χ0v) is 15.3. The second-order valence-corrected chi connectivity index (χ2v) is 6.93. The van der Waals surface area contributed by atoms with E-state index in [4.69, 9.17) is 10.00 Å². The maximum atomic E-state index is 12.4. The van der Waals surface area contributed by atoms with Crippen LogP contribution in [0.15, 0.2) is 40.1 Å². The number of hydrogen-bond acceptors (Lipinski definition) is 7. The molecule has 1 aromatic heterocycles. The zero-order chi connectivity index (χ0) is 18.1. The van der Waals surface area contributed by atoms with Gasteiger partial charge < -0.3 is 4.74 Å². The van der Waals surface area contributed by atoms with Crippen molar-refractivity contribution in [2.75, 3.05) is 23.8 Å². The van der Waals surface area contributed by atoms with Crippen LogP contribution in [0, 0.1) is 11.3 Å². The average molecular weight is 375 g/mol. The molecule has 130 valence electrons. The van der Waals surface area contributed by atoms with Crippen molar-refractivity contribution >= 4 is 40.7 Å². The van der Waals surface area contributed by atoms with Crippen LogP contribution in [0.2, 0.25) is 0 Å². The molecule has 0 bridgehead atoms. The van der Waals surface area contributed by atoms with Crippen molar-refractivity contribution in [3.63, 3.8) is 0 Å². The lowest BCUT2D eigenvalue weighted by Gasteiger charge is -2.19. The SMILES string of the molecule is CCOC(=O)Cc1csc(SCC(=O)N(CC#N)c2ccccc2)n1. The number of esters is 1. The molecule has 0 aliphatic heterocycles. The summed E-state index contributed by atoms with van der Waals surface area (Å²) in [4.78, 5) is 29.7. The van der Waals surface area contributed by atoms with Crippen LogP contribution in [0.1, 0.15) is 12.6 Å². The van der Waals surface area contributed by atoms with Crippen LogP contribution in [0.4, 0.5) is 5.69 Å². The molecule has 0 atom stereocenters. The number of nitriles is 1. The molecule has 25 heavy (non-hydrogen) atoms. The van der Waals surface area contributed by atoms with Gasteiger partial charge in [-0.3, -0.25) is 14.5 Å². The number of benzene rings is 1. The Morgan fingerprint density at radius 2 is 2.12 bits per heavy atom. The number of aromatic nitrogens is 1. The van der Waals surface area contributed by atoms with Gasteiger partial charge in [-0.1, -0.05) is 30.0 Å². The van der Waals surface area contributed by atoms with Crippen molar-refractivity contribution in [1.82, 2.24) is 4.98 Å². The van der Waals surface area contributed by atoms with E-state index in [9.17, 15) is 9.59 Å². The maximum Gasteiger partial charge on any atom is 0.311 e. The Labute approximate surface area is 154 Å². The zero-order valence-electron chi connectivity index (χ0n) is 13.7. The lowest BCUT2D eigenvalue weighted by Crippen LogP contribution is -2.32. The van der Waals surface area contributed by atoms with Crippen LogP contribution in [-0.4, -0.2) is 35.8 Å². The number of anilines is 1. The molecule has 2 rings (SSSR count). The molecule has 0 N–H and O–H groups in total. The Morgan fingerprint density at radius 1 is 1.36 bits per heavy atom. The van der Waals surface area contributed by atoms with E-state index in [1.165, 1.54) is 28.0 Å². The molecule has 8 heteroatoms. The first-order chi connectivity index (χ1) is 12.1. The molecule has 6 nitrogen and oxygen atoms in total. The van der Waals surface area contributed by atoms with Gasteiger partial charge in [0, 0.05) is 11.1 Å². The van der Waals surface area contributed by atoms with Crippen molar-refractivity contribution in [1.29, 1.82) is 5.26 Å². The highest BCUT2D eigenvalue weighted by Gasteiger charge is 2.16. The second kappa shape index (κ2) is 9.81. The van der Waals surface area contributed by atoms with Crippen molar-refractivity contribution in [2.24, 2.45) is 0 Å². The quantitative estimate of drug-likeness (QED) is 0.401. The number of thiazole rings is 1. The molecule has 0 aliphatic carbocycles. The fourth-order valence-electron chi connectivity index (χ4n) is 2.00. The molecule has 0 aliphatic rings. The number of para-hydroxylation sites is 1. The van der Waals surface area contributed by atoms with E-state index in [-0.39, 0.29) is 30.6 Å². The molecule has 0 unspecified atom stereocenters. The van der Waals surface area contributed by atoms with Gasteiger partial charge in [-0.2, -0.15) is 5.26 Å². The number of thioether (sulfide) groups is 1. The third kappa shape index (κ3) is 5.89. The average Bonchev–Trinajstić information content (AvgIpc) is 3.06. The van der Waals surface area contributed by atoms with Gasteiger partial charge in [0.2, 0.25) is 5.91 Å². The monoisotopic (exact) mass is 375 g/mol. The Hall–Kier alpha value is -2.37. The Morgan fingerprint density at radius 3 is 2.80 bits per heavy atom. The number of rotatable bonds is 8. The number of hydrogen-bond donors (Lipinski definition) is 0. The molecular weight excluding hydrogens is 358 g/mol. The van der Waals surface area contributed by atoms with Crippen LogP contribution in [0.25, 0.3) is 0 Å². The predicted molar refractivity (Wildman–Crippen MR) is 97.6 cm³/mol. The fraction of sp³-hybridized carbons (Fsp3) is 0.294. The molecule has 0 radical (unpaired) electrons. The predicted octanol–water partition coefficient (Wildman–Crippen LogP) is 2.90. The van der Waals surface area contributed by atoms with Gasteiger partial charge >= 0.3 is 5.97 Å². The molecule has 1 aromatic carbocycles. The first-order valence-electron chi connectivity index (χ1n) is 7.59. The van der Waals surface area contributed by atoms with Crippen LogP contribution in [0.3, 0.4) is 0 Å². The topological polar surface area (TPSA) is 83.3 Å². The molecule has 2 aromatic rings. The van der Waals surface area contributed by atoms with Crippen molar-refractivity contribution in [3.05, 3.63) is 41.4 Å². The highest BCUT2D eigenvalue weighted by molar-refractivity contribution is 8.01. The molecule has 0 saturated heterocycles. The molecule has 1 heterocycles. The minimum absolute atomic E-state index is 0.00458. The smallest absolute Gasteiger partial charge is 0.311 e. The lowest BCUT2D eigenvalue weighted by molar-refractivity contribution is -0.142. The van der Waals surface area contributed by atoms with Gasteiger partial charge in [0.05, 0.1) is 30.5 Å².